The van der Waals surface area contributed by atoms with Gasteiger partial charge in [0.1, 0.15) is 0 Å². The van der Waals surface area contributed by atoms with E-state index in [1.165, 1.54) is 0 Å². The highest BCUT2D eigenvalue weighted by atomic mass is 16.4. The van der Waals surface area contributed by atoms with Crippen molar-refractivity contribution in [3.05, 3.63) is 42.4 Å². The lowest BCUT2D eigenvalue weighted by Gasteiger charge is -2.08. The molecule has 0 saturated heterocycles. The normalized spacial score (nSPS) is 10.6. The third-order valence-corrected chi connectivity index (χ3v) is 3.45. The fourth-order valence-corrected chi connectivity index (χ4v) is 2.06. The average Bonchev–Trinajstić information content (AvgIpc) is 3.06. The number of aromatic nitrogens is 1. The summed E-state index contributed by atoms with van der Waals surface area (Å²) in [5.74, 6) is 1.08. The van der Waals surface area contributed by atoms with E-state index >= 15 is 0 Å². The lowest BCUT2D eigenvalue weighted by atomic mass is 10.2. The minimum Gasteiger partial charge on any atom is -0.441 e. The second-order valence-corrected chi connectivity index (χ2v) is 5.78. The van der Waals surface area contributed by atoms with Crippen molar-refractivity contribution < 1.29 is 14.0 Å². The van der Waals surface area contributed by atoms with Crippen LogP contribution in [0.4, 0.5) is 0 Å². The molecule has 0 bridgehead atoms. The summed E-state index contributed by atoms with van der Waals surface area (Å²) in [6, 6.07) is 9.70. The van der Waals surface area contributed by atoms with Crippen molar-refractivity contribution in [3.63, 3.8) is 0 Å². The van der Waals surface area contributed by atoms with Crippen LogP contribution in [0.2, 0.25) is 0 Å². The standard InChI is InChI=1S/C18H23N3O3/c1-13(2)18(23)20-11-10-19-16(22)8-9-17-21-12-15(24-17)14-6-4-3-5-7-14/h3-7,12-13H,8-11H2,1-2H3,(H,19,22)(H,20,23). The Kier molecular flexibility index (Phi) is 6.54. The molecule has 0 aliphatic carbocycles. The number of hydrogen-bond donors (Lipinski definition) is 2. The maximum atomic E-state index is 11.8. The predicted molar refractivity (Wildman–Crippen MR) is 91.1 cm³/mol. The average molecular weight is 329 g/mol. The first-order valence-corrected chi connectivity index (χ1v) is 8.11. The van der Waals surface area contributed by atoms with Crippen LogP contribution in [0.25, 0.3) is 11.3 Å². The van der Waals surface area contributed by atoms with Crippen molar-refractivity contribution >= 4 is 11.8 Å². The Morgan fingerprint density at radius 3 is 2.54 bits per heavy atom. The minimum atomic E-state index is -0.0896. The molecule has 128 valence electrons. The largest absolute Gasteiger partial charge is 0.441 e. The Bertz CT molecular complexity index is 665. The van der Waals surface area contributed by atoms with E-state index in [0.717, 1.165) is 5.56 Å². The van der Waals surface area contributed by atoms with Gasteiger partial charge in [-0.2, -0.15) is 0 Å². The van der Waals surface area contributed by atoms with Gasteiger partial charge in [0, 0.05) is 37.4 Å². The number of carbonyl (C=O) groups is 2. The van der Waals surface area contributed by atoms with Crippen molar-refractivity contribution in [3.8, 4) is 11.3 Å². The molecule has 0 saturated carbocycles. The summed E-state index contributed by atoms with van der Waals surface area (Å²) in [6.45, 7) is 4.50. The molecule has 0 fully saturated rings. The fourth-order valence-electron chi connectivity index (χ4n) is 2.06. The van der Waals surface area contributed by atoms with Crippen LogP contribution in [0.15, 0.2) is 40.9 Å². The molecule has 0 atom stereocenters. The van der Waals surface area contributed by atoms with Gasteiger partial charge in [-0.25, -0.2) is 4.98 Å². The molecular formula is C18H23N3O3. The van der Waals surface area contributed by atoms with Gasteiger partial charge in [0.25, 0.3) is 0 Å². The molecule has 24 heavy (non-hydrogen) atoms. The highest BCUT2D eigenvalue weighted by Gasteiger charge is 2.09. The Hall–Kier alpha value is -2.63. The van der Waals surface area contributed by atoms with Crippen molar-refractivity contribution in [1.82, 2.24) is 15.6 Å². The van der Waals surface area contributed by atoms with Crippen LogP contribution in [0, 0.1) is 5.92 Å². The molecule has 6 nitrogen and oxygen atoms in total. The predicted octanol–water partition coefficient (Wildman–Crippen LogP) is 2.16. The molecule has 2 rings (SSSR count). The molecule has 1 aromatic carbocycles. The molecule has 0 spiro atoms. The van der Waals surface area contributed by atoms with Crippen molar-refractivity contribution in [2.45, 2.75) is 26.7 Å². The first kappa shape index (κ1) is 17.7. The quantitative estimate of drug-likeness (QED) is 0.727. The van der Waals surface area contributed by atoms with Gasteiger partial charge in [-0.15, -0.1) is 0 Å². The summed E-state index contributed by atoms with van der Waals surface area (Å²) >= 11 is 0. The number of rotatable bonds is 8. The zero-order valence-corrected chi connectivity index (χ0v) is 14.0. The molecular weight excluding hydrogens is 306 g/mol. The van der Waals surface area contributed by atoms with E-state index < -0.39 is 0 Å². The Morgan fingerprint density at radius 2 is 1.83 bits per heavy atom. The maximum absolute atomic E-state index is 11.8. The van der Waals surface area contributed by atoms with E-state index in [4.69, 9.17) is 4.42 Å². The fraction of sp³-hybridized carbons (Fsp3) is 0.389. The van der Waals surface area contributed by atoms with Gasteiger partial charge in [0.05, 0.1) is 6.20 Å². The number of oxazole rings is 1. The van der Waals surface area contributed by atoms with Crippen molar-refractivity contribution in [1.29, 1.82) is 0 Å². The lowest BCUT2D eigenvalue weighted by molar-refractivity contribution is -0.124. The van der Waals surface area contributed by atoms with Crippen LogP contribution in [0.3, 0.4) is 0 Å². The van der Waals surface area contributed by atoms with Gasteiger partial charge in [-0.05, 0) is 0 Å². The van der Waals surface area contributed by atoms with Crippen LogP contribution >= 0.6 is 0 Å². The number of amides is 2. The Morgan fingerprint density at radius 1 is 1.12 bits per heavy atom. The SMILES string of the molecule is CC(C)C(=O)NCCNC(=O)CCc1ncc(-c2ccccc2)o1. The molecule has 6 heteroatoms. The van der Waals surface area contributed by atoms with Gasteiger partial charge in [0.2, 0.25) is 11.8 Å². The van der Waals surface area contributed by atoms with Crippen molar-refractivity contribution in [2.24, 2.45) is 5.92 Å². The van der Waals surface area contributed by atoms with Gasteiger partial charge in [-0.1, -0.05) is 44.2 Å². The summed E-state index contributed by atoms with van der Waals surface area (Å²) in [5, 5.41) is 5.51. The van der Waals surface area contributed by atoms with Gasteiger partial charge < -0.3 is 15.1 Å². The van der Waals surface area contributed by atoms with Crippen LogP contribution in [-0.4, -0.2) is 29.9 Å². The Balaban J connectivity index is 1.69. The van der Waals surface area contributed by atoms with E-state index in [1.807, 2.05) is 44.2 Å². The second kappa shape index (κ2) is 8.86. The number of benzene rings is 1. The van der Waals surface area contributed by atoms with Crippen LogP contribution in [-0.2, 0) is 16.0 Å². The van der Waals surface area contributed by atoms with Crippen molar-refractivity contribution in [2.75, 3.05) is 13.1 Å². The molecule has 2 amide bonds. The van der Waals surface area contributed by atoms with Crippen LogP contribution in [0.5, 0.6) is 0 Å². The third-order valence-electron chi connectivity index (χ3n) is 3.45. The summed E-state index contributed by atoms with van der Waals surface area (Å²) in [7, 11) is 0. The molecule has 2 aromatic rings. The zero-order chi connectivity index (χ0) is 17.4. The lowest BCUT2D eigenvalue weighted by Crippen LogP contribution is -2.36. The van der Waals surface area contributed by atoms with Gasteiger partial charge in [0.15, 0.2) is 11.7 Å². The molecule has 0 aliphatic heterocycles. The van der Waals surface area contributed by atoms with Crippen LogP contribution < -0.4 is 10.6 Å². The first-order valence-electron chi connectivity index (χ1n) is 8.11. The van der Waals surface area contributed by atoms with Crippen LogP contribution in [0.1, 0.15) is 26.2 Å². The number of aryl methyl sites for hydroxylation is 1. The first-order chi connectivity index (χ1) is 11.6. The number of carbonyl (C=O) groups excluding carboxylic acids is 2. The maximum Gasteiger partial charge on any atom is 0.222 e. The number of nitrogens with one attached hydrogen (secondary N) is 2. The number of hydrogen-bond acceptors (Lipinski definition) is 4. The topological polar surface area (TPSA) is 84.2 Å². The smallest absolute Gasteiger partial charge is 0.222 e. The minimum absolute atomic E-state index is 0.0162. The second-order valence-electron chi connectivity index (χ2n) is 5.78. The van der Waals surface area contributed by atoms with E-state index in [2.05, 4.69) is 15.6 Å². The third kappa shape index (κ3) is 5.53. The highest BCUT2D eigenvalue weighted by molar-refractivity contribution is 5.78. The van der Waals surface area contributed by atoms with E-state index in [0.29, 0.717) is 37.6 Å². The monoisotopic (exact) mass is 329 g/mol. The summed E-state index contributed by atoms with van der Waals surface area (Å²) in [6.07, 6.45) is 2.41. The highest BCUT2D eigenvalue weighted by Crippen LogP contribution is 2.20. The van der Waals surface area contributed by atoms with E-state index in [-0.39, 0.29) is 17.7 Å². The molecule has 2 N–H and O–H groups in total. The zero-order valence-electron chi connectivity index (χ0n) is 14.0. The molecule has 0 radical (unpaired) electrons. The molecule has 0 unspecified atom stereocenters. The summed E-state index contributed by atoms with van der Waals surface area (Å²) < 4.78 is 5.66. The summed E-state index contributed by atoms with van der Waals surface area (Å²) in [5.41, 5.74) is 0.960. The summed E-state index contributed by atoms with van der Waals surface area (Å²) in [4.78, 5) is 27.4. The molecule has 1 aromatic heterocycles. The van der Waals surface area contributed by atoms with E-state index in [1.54, 1.807) is 6.20 Å². The van der Waals surface area contributed by atoms with Gasteiger partial charge in [-0.3, -0.25) is 9.59 Å². The van der Waals surface area contributed by atoms with E-state index in [9.17, 15) is 9.59 Å². The number of nitrogens with zero attached hydrogens (tertiary/aromatic N) is 1. The van der Waals surface area contributed by atoms with Gasteiger partial charge >= 0.3 is 0 Å². The molecule has 0 aliphatic rings. The molecule has 1 heterocycles. The Labute approximate surface area is 141 Å².